The van der Waals surface area contributed by atoms with Gasteiger partial charge in [-0.05, 0) is 52.5 Å². The lowest BCUT2D eigenvalue weighted by molar-refractivity contribution is -0.144. The summed E-state index contributed by atoms with van der Waals surface area (Å²) >= 11 is 0. The molecule has 1 heterocycles. The van der Waals surface area contributed by atoms with E-state index in [9.17, 15) is 34.5 Å². The molecule has 6 unspecified atom stereocenters. The molecule has 0 aromatic heterocycles. The highest BCUT2D eigenvalue weighted by molar-refractivity contribution is 5.94. The third-order valence-electron chi connectivity index (χ3n) is 5.27. The van der Waals surface area contributed by atoms with Crippen LogP contribution in [0.3, 0.4) is 0 Å². The number of hydrogen-bond donors (Lipinski definition) is 7. The molecule has 0 aromatic rings. The molecule has 0 aromatic carbocycles. The molecule has 6 atom stereocenters. The number of nitrogens with zero attached hydrogens (tertiary/aromatic N) is 1. The predicted molar refractivity (Wildman–Crippen MR) is 110 cm³/mol. The molecular formula is C19H35N5O7. The van der Waals surface area contributed by atoms with Gasteiger partial charge in [0.05, 0.1) is 12.2 Å². The minimum absolute atomic E-state index is 0.154. The standard InChI is InChI=1S/C19H35N5O7/c1-10(25)14(21)18(29)24-9-5-7-13(24)16(27)23-15(11(2)26)17(28)22-12(19(30)31)6-3-4-8-20/h10-15,25-26H,3-9,20-21H2,1-2H3,(H,22,28)(H,23,27)(H,30,31). The van der Waals surface area contributed by atoms with Crippen LogP contribution in [0, 0.1) is 0 Å². The summed E-state index contributed by atoms with van der Waals surface area (Å²) in [6.45, 7) is 3.32. The molecule has 178 valence electrons. The van der Waals surface area contributed by atoms with Crippen molar-refractivity contribution in [1.29, 1.82) is 0 Å². The lowest BCUT2D eigenvalue weighted by Gasteiger charge is -2.30. The molecule has 1 aliphatic rings. The number of aliphatic carboxylic acids is 1. The predicted octanol–water partition coefficient (Wildman–Crippen LogP) is -2.75. The van der Waals surface area contributed by atoms with Crippen LogP contribution in [0.1, 0.15) is 46.0 Å². The maximum absolute atomic E-state index is 12.8. The largest absolute Gasteiger partial charge is 0.480 e. The van der Waals surface area contributed by atoms with Crippen molar-refractivity contribution in [1.82, 2.24) is 15.5 Å². The fraction of sp³-hybridized carbons (Fsp3) is 0.789. The minimum Gasteiger partial charge on any atom is -0.480 e. The quantitative estimate of drug-likeness (QED) is 0.155. The van der Waals surface area contributed by atoms with Crippen LogP contribution >= 0.6 is 0 Å². The Morgan fingerprint density at radius 2 is 1.74 bits per heavy atom. The van der Waals surface area contributed by atoms with Crippen molar-refractivity contribution in [2.45, 2.75) is 82.3 Å². The van der Waals surface area contributed by atoms with E-state index in [4.69, 9.17) is 11.5 Å². The lowest BCUT2D eigenvalue weighted by Crippen LogP contribution is -2.60. The summed E-state index contributed by atoms with van der Waals surface area (Å²) in [4.78, 5) is 50.5. The minimum atomic E-state index is -1.41. The van der Waals surface area contributed by atoms with Gasteiger partial charge in [0.25, 0.3) is 0 Å². The van der Waals surface area contributed by atoms with Gasteiger partial charge < -0.3 is 42.3 Å². The molecule has 0 bridgehead atoms. The van der Waals surface area contributed by atoms with Crippen LogP contribution in [0.15, 0.2) is 0 Å². The molecule has 0 saturated carbocycles. The normalized spacial score (nSPS) is 21.0. The zero-order chi connectivity index (χ0) is 23.7. The van der Waals surface area contributed by atoms with E-state index in [0.29, 0.717) is 32.2 Å². The summed E-state index contributed by atoms with van der Waals surface area (Å²) in [5.41, 5.74) is 11.1. The van der Waals surface area contributed by atoms with Gasteiger partial charge in [-0.2, -0.15) is 0 Å². The smallest absolute Gasteiger partial charge is 0.326 e. The highest BCUT2D eigenvalue weighted by Gasteiger charge is 2.39. The van der Waals surface area contributed by atoms with Crippen molar-refractivity contribution in [3.8, 4) is 0 Å². The fourth-order valence-corrected chi connectivity index (χ4v) is 3.37. The van der Waals surface area contributed by atoms with E-state index < -0.39 is 60.1 Å². The van der Waals surface area contributed by atoms with E-state index in [1.807, 2.05) is 0 Å². The molecule has 1 fully saturated rings. The van der Waals surface area contributed by atoms with Crippen LogP contribution in [0.4, 0.5) is 0 Å². The van der Waals surface area contributed by atoms with Gasteiger partial charge in [-0.15, -0.1) is 0 Å². The number of nitrogens with two attached hydrogens (primary N) is 2. The van der Waals surface area contributed by atoms with E-state index >= 15 is 0 Å². The molecule has 1 saturated heterocycles. The number of carbonyl (C=O) groups excluding carboxylic acids is 3. The van der Waals surface area contributed by atoms with E-state index in [-0.39, 0.29) is 13.0 Å². The van der Waals surface area contributed by atoms with Crippen molar-refractivity contribution in [3.63, 3.8) is 0 Å². The number of amides is 3. The third kappa shape index (κ3) is 7.73. The summed E-state index contributed by atoms with van der Waals surface area (Å²) in [7, 11) is 0. The van der Waals surface area contributed by atoms with Crippen LogP contribution in [0.25, 0.3) is 0 Å². The third-order valence-corrected chi connectivity index (χ3v) is 5.27. The first kappa shape index (κ1) is 26.8. The van der Waals surface area contributed by atoms with Crippen molar-refractivity contribution < 1.29 is 34.5 Å². The number of carboxylic acids is 1. The van der Waals surface area contributed by atoms with Gasteiger partial charge >= 0.3 is 5.97 Å². The Bertz CT molecular complexity index is 643. The van der Waals surface area contributed by atoms with Gasteiger partial charge in [0.15, 0.2) is 0 Å². The number of aliphatic hydroxyl groups is 2. The summed E-state index contributed by atoms with van der Waals surface area (Å²) in [5.74, 6) is -3.34. The number of unbranched alkanes of at least 4 members (excludes halogenated alkanes) is 1. The second kappa shape index (κ2) is 12.5. The van der Waals surface area contributed by atoms with Crippen molar-refractivity contribution in [3.05, 3.63) is 0 Å². The van der Waals surface area contributed by atoms with Gasteiger partial charge in [-0.25, -0.2) is 4.79 Å². The topological polar surface area (TPSA) is 208 Å². The summed E-state index contributed by atoms with van der Waals surface area (Å²) in [6.07, 6.45) is -0.314. The highest BCUT2D eigenvalue weighted by atomic mass is 16.4. The molecule has 9 N–H and O–H groups in total. The number of carbonyl (C=O) groups is 4. The maximum Gasteiger partial charge on any atom is 0.326 e. The molecule has 0 spiro atoms. The Hall–Kier alpha value is -2.28. The van der Waals surface area contributed by atoms with Crippen LogP contribution in [-0.4, -0.2) is 93.4 Å². The fourth-order valence-electron chi connectivity index (χ4n) is 3.37. The molecular weight excluding hydrogens is 410 g/mol. The number of carboxylic acid groups (broad SMARTS) is 1. The monoisotopic (exact) mass is 445 g/mol. The van der Waals surface area contributed by atoms with Gasteiger partial charge in [0.2, 0.25) is 17.7 Å². The lowest BCUT2D eigenvalue weighted by atomic mass is 10.1. The molecule has 0 aliphatic carbocycles. The average molecular weight is 446 g/mol. The summed E-state index contributed by atoms with van der Waals surface area (Å²) in [6, 6.07) is -4.70. The van der Waals surface area contributed by atoms with Crippen LogP contribution in [-0.2, 0) is 19.2 Å². The van der Waals surface area contributed by atoms with Gasteiger partial charge in [0.1, 0.15) is 24.2 Å². The Morgan fingerprint density at radius 1 is 1.10 bits per heavy atom. The number of aliphatic hydroxyl groups excluding tert-OH is 2. The zero-order valence-electron chi connectivity index (χ0n) is 18.0. The van der Waals surface area contributed by atoms with E-state index in [0.717, 1.165) is 0 Å². The van der Waals surface area contributed by atoms with Gasteiger partial charge in [-0.1, -0.05) is 0 Å². The average Bonchev–Trinajstić information content (AvgIpc) is 3.19. The SMILES string of the molecule is CC(O)C(N)C(=O)N1CCCC1C(=O)NC(C(=O)NC(CCCCN)C(=O)O)C(C)O. The van der Waals surface area contributed by atoms with E-state index in [2.05, 4.69) is 10.6 Å². The Morgan fingerprint density at radius 3 is 2.26 bits per heavy atom. The Labute approximate surface area is 181 Å². The van der Waals surface area contributed by atoms with Crippen molar-refractivity contribution in [2.24, 2.45) is 11.5 Å². The number of rotatable bonds is 12. The van der Waals surface area contributed by atoms with Crippen molar-refractivity contribution >= 4 is 23.7 Å². The first-order valence-corrected chi connectivity index (χ1v) is 10.5. The van der Waals surface area contributed by atoms with Gasteiger partial charge in [0, 0.05) is 6.54 Å². The number of hydrogen-bond acceptors (Lipinski definition) is 8. The van der Waals surface area contributed by atoms with Gasteiger partial charge in [-0.3, -0.25) is 14.4 Å². The number of likely N-dealkylation sites (tertiary alicyclic amines) is 1. The first-order valence-electron chi connectivity index (χ1n) is 10.5. The Balaban J connectivity index is 2.84. The summed E-state index contributed by atoms with van der Waals surface area (Å²) < 4.78 is 0. The van der Waals surface area contributed by atoms with Crippen LogP contribution in [0.5, 0.6) is 0 Å². The molecule has 1 aliphatic heterocycles. The molecule has 12 nitrogen and oxygen atoms in total. The van der Waals surface area contributed by atoms with Crippen LogP contribution < -0.4 is 22.1 Å². The van der Waals surface area contributed by atoms with Crippen molar-refractivity contribution in [2.75, 3.05) is 13.1 Å². The Kier molecular flexibility index (Phi) is 10.8. The molecule has 12 heteroatoms. The molecule has 31 heavy (non-hydrogen) atoms. The molecule has 0 radical (unpaired) electrons. The van der Waals surface area contributed by atoms with Crippen LogP contribution in [0.2, 0.25) is 0 Å². The maximum atomic E-state index is 12.8. The molecule has 1 rings (SSSR count). The highest BCUT2D eigenvalue weighted by Crippen LogP contribution is 2.19. The number of nitrogens with one attached hydrogen (secondary N) is 2. The second-order valence-corrected chi connectivity index (χ2v) is 7.87. The second-order valence-electron chi connectivity index (χ2n) is 7.87. The molecule has 3 amide bonds. The van der Waals surface area contributed by atoms with E-state index in [1.165, 1.54) is 18.7 Å². The first-order chi connectivity index (χ1) is 14.5. The summed E-state index contributed by atoms with van der Waals surface area (Å²) in [5, 5.41) is 33.6. The van der Waals surface area contributed by atoms with E-state index in [1.54, 1.807) is 0 Å². The zero-order valence-corrected chi connectivity index (χ0v) is 18.0.